The summed E-state index contributed by atoms with van der Waals surface area (Å²) in [6.07, 6.45) is -4.78. The lowest BCUT2D eigenvalue weighted by atomic mass is 10.1. The fourth-order valence-electron chi connectivity index (χ4n) is 3.73. The van der Waals surface area contributed by atoms with Gasteiger partial charge in [0.05, 0.1) is 26.1 Å². The summed E-state index contributed by atoms with van der Waals surface area (Å²) in [6, 6.07) is 19.8. The molecule has 0 saturated heterocycles. The first-order valence-electron chi connectivity index (χ1n) is 11.7. The first kappa shape index (κ1) is 29.9. The second-order valence-electron chi connectivity index (χ2n) is 8.67. The minimum atomic E-state index is -4.78. The van der Waals surface area contributed by atoms with Crippen LogP contribution in [-0.2, 0) is 26.2 Å². The number of alkyl halides is 3. The summed E-state index contributed by atoms with van der Waals surface area (Å²) in [7, 11) is -8.17. The number of amides is 1. The van der Waals surface area contributed by atoms with Gasteiger partial charge in [0.15, 0.2) is 0 Å². The topological polar surface area (TPSA) is 121 Å². The van der Waals surface area contributed by atoms with Crippen LogP contribution in [0.3, 0.4) is 0 Å². The van der Waals surface area contributed by atoms with Crippen LogP contribution in [0.15, 0.2) is 101 Å². The highest BCUT2D eigenvalue weighted by Crippen LogP contribution is 2.36. The molecule has 0 aromatic heterocycles. The van der Waals surface area contributed by atoms with Crippen molar-refractivity contribution in [3.8, 4) is 0 Å². The van der Waals surface area contributed by atoms with Crippen LogP contribution in [0.25, 0.3) is 0 Å². The third-order valence-electron chi connectivity index (χ3n) is 5.82. The van der Waals surface area contributed by atoms with E-state index in [1.54, 1.807) is 25.1 Å². The molecule has 0 spiro atoms. The van der Waals surface area contributed by atoms with Crippen molar-refractivity contribution in [3.05, 3.63) is 113 Å². The van der Waals surface area contributed by atoms with E-state index in [4.69, 9.17) is 11.6 Å². The highest BCUT2D eigenvalue weighted by atomic mass is 35.5. The van der Waals surface area contributed by atoms with Crippen molar-refractivity contribution in [2.24, 2.45) is 0 Å². The average Bonchev–Trinajstić information content (AvgIpc) is 2.91. The van der Waals surface area contributed by atoms with Crippen molar-refractivity contribution in [2.45, 2.75) is 22.9 Å². The maximum Gasteiger partial charge on any atom is 0.417 e. The van der Waals surface area contributed by atoms with E-state index in [1.165, 1.54) is 42.5 Å². The Labute approximate surface area is 239 Å². The number of anilines is 3. The maximum atomic E-state index is 13.1. The van der Waals surface area contributed by atoms with Gasteiger partial charge >= 0.3 is 6.18 Å². The van der Waals surface area contributed by atoms with Crippen molar-refractivity contribution in [1.82, 2.24) is 0 Å². The van der Waals surface area contributed by atoms with Gasteiger partial charge in [0.2, 0.25) is 0 Å². The molecule has 0 bridgehead atoms. The van der Waals surface area contributed by atoms with E-state index in [-0.39, 0.29) is 32.4 Å². The minimum absolute atomic E-state index is 0.0515. The van der Waals surface area contributed by atoms with Gasteiger partial charge in [0, 0.05) is 16.9 Å². The average molecular weight is 624 g/mol. The summed E-state index contributed by atoms with van der Waals surface area (Å²) in [6.45, 7) is 1.57. The van der Waals surface area contributed by atoms with Crippen LogP contribution in [0.2, 0.25) is 5.02 Å². The molecule has 8 nitrogen and oxygen atoms in total. The number of halogens is 4. The number of carbonyl (C=O) groups is 1. The van der Waals surface area contributed by atoms with Gasteiger partial charge in [-0.3, -0.25) is 14.2 Å². The minimum Gasteiger partial charge on any atom is -0.322 e. The molecule has 4 aromatic rings. The maximum absolute atomic E-state index is 13.1. The normalized spacial score (nSPS) is 12.0. The molecule has 14 heteroatoms. The number of benzene rings is 4. The zero-order valence-electron chi connectivity index (χ0n) is 21.0. The summed E-state index contributed by atoms with van der Waals surface area (Å²) >= 11 is 5.58. The SMILES string of the molecule is Cc1c(NS(=O)(=O)c2ccccc2)cccc1C(=O)Nc1ccc(S(=O)(=O)Nc2ccc(Cl)c(C(F)(F)F)c2)cc1. The molecular formula is C27H21ClF3N3O5S2. The molecule has 1 amide bonds. The number of nitrogens with one attached hydrogen (secondary N) is 3. The molecule has 0 radical (unpaired) electrons. The van der Waals surface area contributed by atoms with Crippen molar-refractivity contribution in [2.75, 3.05) is 14.8 Å². The lowest BCUT2D eigenvalue weighted by Gasteiger charge is -2.14. The van der Waals surface area contributed by atoms with E-state index < -0.39 is 42.7 Å². The first-order chi connectivity index (χ1) is 19.2. The molecule has 0 aliphatic heterocycles. The fourth-order valence-corrected chi connectivity index (χ4v) is 6.15. The van der Waals surface area contributed by atoms with E-state index in [9.17, 15) is 34.8 Å². The molecule has 0 unspecified atom stereocenters. The summed E-state index contributed by atoms with van der Waals surface area (Å²) in [5, 5.41) is 2.03. The highest BCUT2D eigenvalue weighted by Gasteiger charge is 2.33. The lowest BCUT2D eigenvalue weighted by molar-refractivity contribution is -0.137. The van der Waals surface area contributed by atoms with Crippen LogP contribution in [0.4, 0.5) is 30.2 Å². The lowest BCUT2D eigenvalue weighted by Crippen LogP contribution is -2.17. The molecule has 0 heterocycles. The van der Waals surface area contributed by atoms with Gasteiger partial charge in [0.25, 0.3) is 26.0 Å². The summed E-state index contributed by atoms with van der Waals surface area (Å²) < 4.78 is 94.8. The molecule has 4 aromatic carbocycles. The van der Waals surface area contributed by atoms with Crippen LogP contribution in [0.5, 0.6) is 0 Å². The monoisotopic (exact) mass is 623 g/mol. The van der Waals surface area contributed by atoms with Gasteiger partial charge < -0.3 is 5.32 Å². The van der Waals surface area contributed by atoms with E-state index >= 15 is 0 Å². The van der Waals surface area contributed by atoms with Gasteiger partial charge in [0.1, 0.15) is 0 Å². The number of sulfonamides is 2. The molecule has 4 rings (SSSR count). The third-order valence-corrected chi connectivity index (χ3v) is 8.93. The Bertz CT molecular complexity index is 1820. The van der Waals surface area contributed by atoms with Crippen molar-refractivity contribution < 1.29 is 34.8 Å². The molecule has 0 aliphatic rings. The molecular weight excluding hydrogens is 603 g/mol. The van der Waals surface area contributed by atoms with Gasteiger partial charge in [-0.25, -0.2) is 16.8 Å². The van der Waals surface area contributed by atoms with Crippen LogP contribution in [0, 0.1) is 6.92 Å². The smallest absolute Gasteiger partial charge is 0.322 e. The summed E-state index contributed by atoms with van der Waals surface area (Å²) in [5.41, 5.74) is -0.588. The van der Waals surface area contributed by atoms with E-state index in [1.807, 2.05) is 0 Å². The van der Waals surface area contributed by atoms with E-state index in [2.05, 4.69) is 14.8 Å². The number of carbonyl (C=O) groups excluding carboxylic acids is 1. The Balaban J connectivity index is 1.49. The second-order valence-corrected chi connectivity index (χ2v) is 12.4. The Morgan fingerprint density at radius 2 is 1.32 bits per heavy atom. The zero-order chi connectivity index (χ0) is 30.0. The molecule has 0 aliphatic carbocycles. The largest absolute Gasteiger partial charge is 0.417 e. The molecule has 0 fully saturated rings. The van der Waals surface area contributed by atoms with Crippen LogP contribution in [0.1, 0.15) is 21.5 Å². The van der Waals surface area contributed by atoms with Gasteiger partial charge in [-0.05, 0) is 79.2 Å². The Morgan fingerprint density at radius 1 is 0.732 bits per heavy atom. The Kier molecular flexibility index (Phi) is 8.34. The molecule has 214 valence electrons. The number of rotatable bonds is 8. The van der Waals surface area contributed by atoms with Gasteiger partial charge in [-0.1, -0.05) is 35.9 Å². The predicted molar refractivity (Wildman–Crippen MR) is 150 cm³/mol. The van der Waals surface area contributed by atoms with E-state index in [0.29, 0.717) is 11.6 Å². The van der Waals surface area contributed by atoms with Crippen molar-refractivity contribution in [1.29, 1.82) is 0 Å². The molecule has 0 saturated carbocycles. The number of hydrogen-bond donors (Lipinski definition) is 3. The van der Waals surface area contributed by atoms with Gasteiger partial charge in [-0.2, -0.15) is 13.2 Å². The molecule has 3 N–H and O–H groups in total. The highest BCUT2D eigenvalue weighted by molar-refractivity contribution is 7.93. The summed E-state index contributed by atoms with van der Waals surface area (Å²) in [5.74, 6) is -0.585. The standard InChI is InChI=1S/C27H21ClF3N3O5S2/c1-17-22(8-5-9-25(17)34-41(38,39)20-6-3-2-4-7-20)26(35)32-18-10-13-21(14-11-18)40(36,37)33-19-12-15-24(28)23(16-19)27(29,30)31/h2-16,33-34H,1H3,(H,32,35). The summed E-state index contributed by atoms with van der Waals surface area (Å²) in [4.78, 5) is 12.7. The van der Waals surface area contributed by atoms with Crippen LogP contribution in [-0.4, -0.2) is 22.7 Å². The Hall–Kier alpha value is -4.07. The third kappa shape index (κ3) is 6.99. The van der Waals surface area contributed by atoms with Crippen LogP contribution >= 0.6 is 11.6 Å². The van der Waals surface area contributed by atoms with Crippen molar-refractivity contribution in [3.63, 3.8) is 0 Å². The van der Waals surface area contributed by atoms with E-state index in [0.717, 1.165) is 24.3 Å². The van der Waals surface area contributed by atoms with Gasteiger partial charge in [-0.15, -0.1) is 0 Å². The first-order valence-corrected chi connectivity index (χ1v) is 15.0. The number of hydrogen-bond acceptors (Lipinski definition) is 5. The predicted octanol–water partition coefficient (Wildman–Crippen LogP) is 6.52. The Morgan fingerprint density at radius 3 is 1.95 bits per heavy atom. The molecule has 41 heavy (non-hydrogen) atoms. The quantitative estimate of drug-likeness (QED) is 0.206. The fraction of sp³-hybridized carbons (Fsp3) is 0.0741. The van der Waals surface area contributed by atoms with Crippen LogP contribution < -0.4 is 14.8 Å². The molecule has 0 atom stereocenters. The second kappa shape index (κ2) is 11.4. The van der Waals surface area contributed by atoms with Crippen molar-refractivity contribution >= 4 is 54.6 Å². The zero-order valence-corrected chi connectivity index (χ0v) is 23.4.